The summed E-state index contributed by atoms with van der Waals surface area (Å²) in [4.78, 5) is 2.09. The summed E-state index contributed by atoms with van der Waals surface area (Å²) in [5, 5.41) is 0. The van der Waals surface area contributed by atoms with Crippen LogP contribution in [-0.4, -0.2) is 0 Å². The summed E-state index contributed by atoms with van der Waals surface area (Å²) < 4.78 is 13.8. The first-order chi connectivity index (χ1) is 8.56. The van der Waals surface area contributed by atoms with Gasteiger partial charge in [-0.25, -0.2) is 4.39 Å². The van der Waals surface area contributed by atoms with Crippen LogP contribution < -0.4 is 5.73 Å². The third-order valence-corrected chi connectivity index (χ3v) is 4.53. The molecule has 0 radical (unpaired) electrons. The van der Waals surface area contributed by atoms with Crippen molar-refractivity contribution in [2.24, 2.45) is 5.73 Å². The molecule has 1 nitrogen and oxygen atoms in total. The summed E-state index contributed by atoms with van der Waals surface area (Å²) in [6.45, 7) is 1.95. The van der Waals surface area contributed by atoms with Gasteiger partial charge in [0.15, 0.2) is 0 Å². The normalized spacial score (nSPS) is 12.4. The Balaban J connectivity index is 2.22. The van der Waals surface area contributed by atoms with Gasteiger partial charge < -0.3 is 5.73 Å². The van der Waals surface area contributed by atoms with E-state index < -0.39 is 0 Å². The maximum absolute atomic E-state index is 12.8. The monoisotopic (exact) mass is 325 g/mol. The molecule has 0 bridgehead atoms. The number of rotatable bonds is 3. The minimum absolute atomic E-state index is 0.0196. The number of nitrogens with two attached hydrogens (primary N) is 1. The topological polar surface area (TPSA) is 26.0 Å². The van der Waals surface area contributed by atoms with Crippen LogP contribution in [0.4, 0.5) is 4.39 Å². The summed E-state index contributed by atoms with van der Waals surface area (Å²) in [6, 6.07) is 12.6. The van der Waals surface area contributed by atoms with Gasteiger partial charge in [0, 0.05) is 20.3 Å². The van der Waals surface area contributed by atoms with Gasteiger partial charge in [-0.15, -0.1) is 0 Å². The van der Waals surface area contributed by atoms with E-state index in [0.717, 1.165) is 19.8 Å². The Hall–Kier alpha value is -0.840. The summed E-state index contributed by atoms with van der Waals surface area (Å²) in [5.74, 6) is -0.217. The van der Waals surface area contributed by atoms with Gasteiger partial charge in [0.25, 0.3) is 0 Å². The fourth-order valence-electron chi connectivity index (χ4n) is 1.51. The van der Waals surface area contributed by atoms with Crippen LogP contribution in [0, 0.1) is 5.82 Å². The number of hydrogen-bond donors (Lipinski definition) is 1. The van der Waals surface area contributed by atoms with Gasteiger partial charge in [-0.3, -0.25) is 0 Å². The predicted molar refractivity (Wildman–Crippen MR) is 77.3 cm³/mol. The van der Waals surface area contributed by atoms with Crippen molar-refractivity contribution < 1.29 is 4.39 Å². The van der Waals surface area contributed by atoms with Gasteiger partial charge in [-0.05, 0) is 64.8 Å². The lowest BCUT2D eigenvalue weighted by molar-refractivity contribution is 0.626. The molecule has 0 aromatic heterocycles. The van der Waals surface area contributed by atoms with Crippen LogP contribution in [0.5, 0.6) is 0 Å². The molecule has 0 amide bonds. The standard InChI is InChI=1S/C14H13BrFNS/c1-9(17)10-2-7-14(13(15)8-10)18-12-5-3-11(16)4-6-12/h2-9H,17H2,1H3/t9-/m1/s1. The molecular formula is C14H13BrFNS. The van der Waals surface area contributed by atoms with Crippen LogP contribution in [0.15, 0.2) is 56.7 Å². The highest BCUT2D eigenvalue weighted by Gasteiger charge is 2.06. The molecule has 0 aliphatic rings. The van der Waals surface area contributed by atoms with E-state index in [4.69, 9.17) is 5.73 Å². The molecule has 94 valence electrons. The van der Waals surface area contributed by atoms with Crippen LogP contribution in [0.1, 0.15) is 18.5 Å². The first-order valence-corrected chi connectivity index (χ1v) is 7.15. The maximum atomic E-state index is 12.8. The lowest BCUT2D eigenvalue weighted by Crippen LogP contribution is -2.04. The smallest absolute Gasteiger partial charge is 0.123 e. The SMILES string of the molecule is C[C@@H](N)c1ccc(Sc2ccc(F)cc2)c(Br)c1. The van der Waals surface area contributed by atoms with Crippen LogP contribution >= 0.6 is 27.7 Å². The highest BCUT2D eigenvalue weighted by atomic mass is 79.9. The highest BCUT2D eigenvalue weighted by Crippen LogP contribution is 2.34. The third-order valence-electron chi connectivity index (χ3n) is 2.52. The van der Waals surface area contributed by atoms with Crippen molar-refractivity contribution in [3.63, 3.8) is 0 Å². The molecule has 0 saturated heterocycles. The quantitative estimate of drug-likeness (QED) is 0.880. The molecule has 0 spiro atoms. The number of halogens is 2. The Bertz CT molecular complexity index is 540. The summed E-state index contributed by atoms with van der Waals surface area (Å²) in [5.41, 5.74) is 6.92. The number of benzene rings is 2. The number of hydrogen-bond acceptors (Lipinski definition) is 2. The van der Waals surface area contributed by atoms with E-state index >= 15 is 0 Å². The van der Waals surface area contributed by atoms with Crippen LogP contribution in [0.2, 0.25) is 0 Å². The first-order valence-electron chi connectivity index (χ1n) is 5.54. The highest BCUT2D eigenvalue weighted by molar-refractivity contribution is 9.10. The fourth-order valence-corrected chi connectivity index (χ4v) is 2.97. The maximum Gasteiger partial charge on any atom is 0.123 e. The van der Waals surface area contributed by atoms with Crippen molar-refractivity contribution in [3.8, 4) is 0 Å². The van der Waals surface area contributed by atoms with E-state index in [1.165, 1.54) is 12.1 Å². The summed E-state index contributed by atoms with van der Waals surface area (Å²) >= 11 is 5.13. The molecule has 0 aliphatic carbocycles. The molecule has 0 aliphatic heterocycles. The molecule has 0 unspecified atom stereocenters. The molecule has 0 fully saturated rings. The fraction of sp³-hybridized carbons (Fsp3) is 0.143. The second-order valence-electron chi connectivity index (χ2n) is 4.03. The van der Waals surface area contributed by atoms with E-state index in [-0.39, 0.29) is 11.9 Å². The Kier molecular flexibility index (Phi) is 4.43. The molecule has 2 aromatic rings. The van der Waals surface area contributed by atoms with Crippen molar-refractivity contribution in [2.45, 2.75) is 22.8 Å². The Morgan fingerprint density at radius 2 is 1.83 bits per heavy atom. The largest absolute Gasteiger partial charge is 0.324 e. The second kappa shape index (κ2) is 5.87. The summed E-state index contributed by atoms with van der Waals surface area (Å²) in [6.07, 6.45) is 0. The lowest BCUT2D eigenvalue weighted by Gasteiger charge is -2.09. The van der Waals surface area contributed by atoms with Gasteiger partial charge >= 0.3 is 0 Å². The molecule has 18 heavy (non-hydrogen) atoms. The van der Waals surface area contributed by atoms with E-state index in [9.17, 15) is 4.39 Å². The van der Waals surface area contributed by atoms with Gasteiger partial charge in [0.05, 0.1) is 0 Å². The average molecular weight is 326 g/mol. The zero-order valence-corrected chi connectivity index (χ0v) is 12.3. The lowest BCUT2D eigenvalue weighted by atomic mass is 10.1. The first kappa shape index (κ1) is 13.6. The van der Waals surface area contributed by atoms with E-state index in [1.54, 1.807) is 23.9 Å². The molecule has 4 heteroatoms. The average Bonchev–Trinajstić information content (AvgIpc) is 2.34. The molecular weight excluding hydrogens is 313 g/mol. The Morgan fingerprint density at radius 1 is 1.17 bits per heavy atom. The molecule has 2 aromatic carbocycles. The van der Waals surface area contributed by atoms with E-state index in [2.05, 4.69) is 15.9 Å². The third kappa shape index (κ3) is 3.34. The van der Waals surface area contributed by atoms with Crippen LogP contribution in [0.3, 0.4) is 0 Å². The molecule has 1 atom stereocenters. The molecule has 2 rings (SSSR count). The van der Waals surface area contributed by atoms with Gasteiger partial charge in [0.1, 0.15) is 5.82 Å². The summed E-state index contributed by atoms with van der Waals surface area (Å²) in [7, 11) is 0. The molecule has 0 saturated carbocycles. The molecule has 2 N–H and O–H groups in total. The zero-order chi connectivity index (χ0) is 13.1. The van der Waals surface area contributed by atoms with Gasteiger partial charge in [-0.2, -0.15) is 0 Å². The van der Waals surface area contributed by atoms with E-state index in [0.29, 0.717) is 0 Å². The van der Waals surface area contributed by atoms with Gasteiger partial charge in [-0.1, -0.05) is 17.8 Å². The molecule has 0 heterocycles. The second-order valence-corrected chi connectivity index (χ2v) is 6.00. The van der Waals surface area contributed by atoms with Crippen molar-refractivity contribution in [1.82, 2.24) is 0 Å². The van der Waals surface area contributed by atoms with Crippen LogP contribution in [-0.2, 0) is 0 Å². The predicted octanol–water partition coefficient (Wildman–Crippen LogP) is 4.76. The Morgan fingerprint density at radius 3 is 2.39 bits per heavy atom. The zero-order valence-electron chi connectivity index (χ0n) is 9.86. The van der Waals surface area contributed by atoms with Crippen molar-refractivity contribution in [1.29, 1.82) is 0 Å². The van der Waals surface area contributed by atoms with E-state index in [1.807, 2.05) is 25.1 Å². The van der Waals surface area contributed by atoms with Gasteiger partial charge in [0.2, 0.25) is 0 Å². The van der Waals surface area contributed by atoms with Crippen molar-refractivity contribution in [3.05, 3.63) is 58.3 Å². The Labute approximate surface area is 119 Å². The van der Waals surface area contributed by atoms with Crippen LogP contribution in [0.25, 0.3) is 0 Å². The van der Waals surface area contributed by atoms with Crippen molar-refractivity contribution in [2.75, 3.05) is 0 Å². The van der Waals surface area contributed by atoms with Crippen molar-refractivity contribution >= 4 is 27.7 Å². The minimum atomic E-state index is -0.217. The minimum Gasteiger partial charge on any atom is -0.324 e.